The van der Waals surface area contributed by atoms with E-state index in [4.69, 9.17) is 0 Å². The van der Waals surface area contributed by atoms with E-state index < -0.39 is 59.6 Å². The molecule has 0 aromatic heterocycles. The number of nitrogens with zero attached hydrogens (tertiary/aromatic N) is 1. The van der Waals surface area contributed by atoms with Crippen molar-refractivity contribution >= 4 is 25.6 Å². The first-order valence-corrected chi connectivity index (χ1v) is 15.0. The average molecular weight is 602 g/mol. The molecule has 39 heavy (non-hydrogen) atoms. The topological polar surface area (TPSA) is 97.8 Å². The van der Waals surface area contributed by atoms with Crippen molar-refractivity contribution in [3.8, 4) is 5.75 Å². The van der Waals surface area contributed by atoms with Crippen molar-refractivity contribution in [1.29, 1.82) is 0 Å². The number of sulfone groups is 2. The first kappa shape index (κ1) is 30.7. The molecule has 1 saturated heterocycles. The predicted octanol–water partition coefficient (Wildman–Crippen LogP) is 5.11. The van der Waals surface area contributed by atoms with Gasteiger partial charge in [0.15, 0.2) is 19.7 Å². The van der Waals surface area contributed by atoms with Gasteiger partial charge in [0, 0.05) is 19.3 Å². The number of amides is 1. The molecule has 1 aliphatic rings. The Hall–Kier alpha value is -2.81. The summed E-state index contributed by atoms with van der Waals surface area (Å²) in [7, 11) is -8.18. The van der Waals surface area contributed by atoms with Gasteiger partial charge < -0.3 is 9.64 Å². The second kappa shape index (κ2) is 11.0. The number of benzene rings is 2. The second-order valence-corrected chi connectivity index (χ2v) is 13.7. The van der Waals surface area contributed by atoms with Gasteiger partial charge >= 0.3 is 12.5 Å². The van der Waals surface area contributed by atoms with Gasteiger partial charge in [-0.15, -0.1) is 13.2 Å². The summed E-state index contributed by atoms with van der Waals surface area (Å²) in [6.07, 6.45) is -8.28. The summed E-state index contributed by atoms with van der Waals surface area (Å²) >= 11 is 0. The standard InChI is InChI=1S/C24H25F6NO6S2/c1-15(39(35,36)19-5-3-4-18(14-19)37-24(28,29)30)12-16-8-10-31(11-9-16)22(32)20-7-6-17(23(25,26)27)13-21(20)38(2,33)34/h3-7,13-16H,8-12H2,1-2H3. The van der Waals surface area contributed by atoms with Gasteiger partial charge in [-0.3, -0.25) is 4.79 Å². The number of carbonyl (C=O) groups excluding carboxylic acids is 1. The third-order valence-corrected chi connectivity index (χ3v) is 9.70. The summed E-state index contributed by atoms with van der Waals surface area (Å²) in [5.41, 5.74) is -1.59. The molecule has 1 amide bonds. The predicted molar refractivity (Wildman–Crippen MR) is 128 cm³/mol. The number of ether oxygens (including phenoxy) is 1. The Bertz CT molecular complexity index is 1430. The van der Waals surface area contributed by atoms with Crippen molar-refractivity contribution in [2.45, 2.75) is 53.8 Å². The second-order valence-electron chi connectivity index (χ2n) is 9.33. The lowest BCUT2D eigenvalue weighted by molar-refractivity contribution is -0.274. The largest absolute Gasteiger partial charge is 0.573 e. The Morgan fingerprint density at radius 3 is 2.15 bits per heavy atom. The van der Waals surface area contributed by atoms with E-state index in [-0.39, 0.29) is 35.9 Å². The molecule has 3 rings (SSSR count). The molecule has 0 spiro atoms. The number of likely N-dealkylation sites (tertiary alicyclic amines) is 1. The third kappa shape index (κ3) is 7.65. The fourth-order valence-corrected chi connectivity index (χ4v) is 6.84. The van der Waals surface area contributed by atoms with Crippen molar-refractivity contribution in [2.24, 2.45) is 5.92 Å². The summed E-state index contributed by atoms with van der Waals surface area (Å²) < 4.78 is 131. The first-order chi connectivity index (χ1) is 17.8. The molecule has 1 atom stereocenters. The smallest absolute Gasteiger partial charge is 0.406 e. The molecule has 0 N–H and O–H groups in total. The van der Waals surface area contributed by atoms with Crippen LogP contribution in [0.15, 0.2) is 52.3 Å². The highest BCUT2D eigenvalue weighted by Gasteiger charge is 2.35. The van der Waals surface area contributed by atoms with E-state index in [2.05, 4.69) is 4.74 Å². The van der Waals surface area contributed by atoms with Crippen LogP contribution in [-0.4, -0.2) is 58.6 Å². The van der Waals surface area contributed by atoms with Gasteiger partial charge in [0.2, 0.25) is 0 Å². The third-order valence-electron chi connectivity index (χ3n) is 6.40. The van der Waals surface area contributed by atoms with E-state index in [1.807, 2.05) is 0 Å². The van der Waals surface area contributed by atoms with E-state index in [0.717, 1.165) is 24.3 Å². The molecule has 0 radical (unpaired) electrons. The zero-order valence-corrected chi connectivity index (χ0v) is 22.3. The highest BCUT2D eigenvalue weighted by Crippen LogP contribution is 2.34. The van der Waals surface area contributed by atoms with Crippen molar-refractivity contribution in [2.75, 3.05) is 19.3 Å². The van der Waals surface area contributed by atoms with Gasteiger partial charge in [0.05, 0.1) is 26.2 Å². The molecule has 1 unspecified atom stereocenters. The van der Waals surface area contributed by atoms with Crippen LogP contribution in [0.5, 0.6) is 5.75 Å². The molecule has 0 bridgehead atoms. The highest BCUT2D eigenvalue weighted by atomic mass is 32.2. The van der Waals surface area contributed by atoms with Gasteiger partial charge in [0.25, 0.3) is 5.91 Å². The normalized spacial score (nSPS) is 16.7. The molecule has 7 nitrogen and oxygen atoms in total. The number of alkyl halides is 6. The number of hydrogen-bond acceptors (Lipinski definition) is 6. The SMILES string of the molecule is CC(CC1CCN(C(=O)c2ccc(C(F)(F)F)cc2S(C)(=O)=O)CC1)S(=O)(=O)c1cccc(OC(F)(F)F)c1. The maximum Gasteiger partial charge on any atom is 0.573 e. The lowest BCUT2D eigenvalue weighted by Gasteiger charge is -2.33. The van der Waals surface area contributed by atoms with E-state index in [0.29, 0.717) is 31.2 Å². The number of hydrogen-bond donors (Lipinski definition) is 0. The fourth-order valence-electron chi connectivity index (χ4n) is 4.40. The summed E-state index contributed by atoms with van der Waals surface area (Å²) in [6, 6.07) is 5.97. The lowest BCUT2D eigenvalue weighted by Crippen LogP contribution is -2.40. The Labute approximate surface area is 221 Å². The minimum Gasteiger partial charge on any atom is -0.406 e. The molecule has 15 heteroatoms. The summed E-state index contributed by atoms with van der Waals surface area (Å²) in [5.74, 6) is -1.61. The Morgan fingerprint density at radius 1 is 1.00 bits per heavy atom. The number of piperidine rings is 1. The maximum atomic E-state index is 13.1. The number of halogens is 6. The highest BCUT2D eigenvalue weighted by molar-refractivity contribution is 7.92. The van der Waals surface area contributed by atoms with Gasteiger partial charge in [-0.2, -0.15) is 13.2 Å². The average Bonchev–Trinajstić information content (AvgIpc) is 2.81. The lowest BCUT2D eigenvalue weighted by atomic mass is 9.92. The van der Waals surface area contributed by atoms with Crippen LogP contribution in [-0.2, 0) is 25.9 Å². The first-order valence-electron chi connectivity index (χ1n) is 11.6. The van der Waals surface area contributed by atoms with Crippen LogP contribution in [0.2, 0.25) is 0 Å². The van der Waals surface area contributed by atoms with Gasteiger partial charge in [0.1, 0.15) is 5.75 Å². The van der Waals surface area contributed by atoms with Crippen LogP contribution in [0.3, 0.4) is 0 Å². The van der Waals surface area contributed by atoms with Crippen LogP contribution < -0.4 is 4.74 Å². The van der Waals surface area contributed by atoms with Crippen molar-refractivity contribution in [1.82, 2.24) is 4.90 Å². The molecule has 1 aliphatic heterocycles. The monoisotopic (exact) mass is 601 g/mol. The van der Waals surface area contributed by atoms with E-state index >= 15 is 0 Å². The Balaban J connectivity index is 1.69. The Kier molecular flexibility index (Phi) is 8.66. The van der Waals surface area contributed by atoms with Crippen molar-refractivity contribution < 1.29 is 52.7 Å². The number of rotatable bonds is 7. The molecule has 2 aromatic rings. The summed E-state index contributed by atoms with van der Waals surface area (Å²) in [5, 5.41) is -0.974. The quantitative estimate of drug-likeness (QED) is 0.409. The van der Waals surface area contributed by atoms with E-state index in [1.54, 1.807) is 0 Å². The van der Waals surface area contributed by atoms with Crippen molar-refractivity contribution in [3.05, 3.63) is 53.6 Å². The minimum absolute atomic E-state index is 0.107. The maximum absolute atomic E-state index is 13.1. The molecular formula is C24H25F6NO6S2. The molecular weight excluding hydrogens is 576 g/mol. The fraction of sp³-hybridized carbons (Fsp3) is 0.458. The van der Waals surface area contributed by atoms with Gasteiger partial charge in [-0.05, 0) is 68.5 Å². The Morgan fingerprint density at radius 2 is 1.62 bits per heavy atom. The summed E-state index contributed by atoms with van der Waals surface area (Å²) in [4.78, 5) is 13.3. The van der Waals surface area contributed by atoms with Crippen molar-refractivity contribution in [3.63, 3.8) is 0 Å². The summed E-state index contributed by atoms with van der Waals surface area (Å²) in [6.45, 7) is 1.63. The van der Waals surface area contributed by atoms with Crippen LogP contribution in [0.1, 0.15) is 42.1 Å². The molecule has 0 aliphatic carbocycles. The zero-order chi connectivity index (χ0) is 29.4. The molecule has 1 heterocycles. The van der Waals surface area contributed by atoms with Crippen LogP contribution in [0.25, 0.3) is 0 Å². The molecule has 1 fully saturated rings. The van der Waals surface area contributed by atoms with Crippen LogP contribution in [0.4, 0.5) is 26.3 Å². The minimum atomic E-state index is -4.98. The molecule has 216 valence electrons. The van der Waals surface area contributed by atoms with Gasteiger partial charge in [-0.1, -0.05) is 6.07 Å². The van der Waals surface area contributed by atoms with Crippen LogP contribution in [0, 0.1) is 5.92 Å². The van der Waals surface area contributed by atoms with Gasteiger partial charge in [-0.25, -0.2) is 16.8 Å². The number of carbonyl (C=O) groups is 1. The van der Waals surface area contributed by atoms with E-state index in [1.165, 1.54) is 17.9 Å². The zero-order valence-electron chi connectivity index (χ0n) is 20.7. The molecule has 2 aromatic carbocycles. The van der Waals surface area contributed by atoms with Crippen LogP contribution >= 0.6 is 0 Å². The molecule has 0 saturated carbocycles. The van der Waals surface area contributed by atoms with E-state index in [9.17, 15) is 48.0 Å².